The molecule has 0 bridgehead atoms. The first-order valence-corrected chi connectivity index (χ1v) is 10.9. The summed E-state index contributed by atoms with van der Waals surface area (Å²) in [6.07, 6.45) is 0. The van der Waals surface area contributed by atoms with E-state index in [0.29, 0.717) is 21.8 Å². The number of aryl methyl sites for hydroxylation is 3. The average molecular weight is 462 g/mol. The van der Waals surface area contributed by atoms with E-state index in [1.54, 1.807) is 24.3 Å². The Kier molecular flexibility index (Phi) is 5.95. The molecule has 4 rings (SSSR count). The molecule has 3 aromatic carbocycles. The number of nitrogens with zero attached hydrogens (tertiary/aromatic N) is 1. The lowest BCUT2D eigenvalue weighted by Crippen LogP contribution is -2.45. The third-order valence-corrected chi connectivity index (χ3v) is 6.27. The highest BCUT2D eigenvalue weighted by Gasteiger charge is 2.54. The predicted molar refractivity (Wildman–Crippen MR) is 128 cm³/mol. The summed E-state index contributed by atoms with van der Waals surface area (Å²) < 4.78 is 0. The Bertz CT molecular complexity index is 1260. The second-order valence-corrected chi connectivity index (χ2v) is 8.68. The number of anilines is 1. The lowest BCUT2D eigenvalue weighted by atomic mass is 9.81. The normalized spacial score (nSPS) is 17.8. The summed E-state index contributed by atoms with van der Waals surface area (Å²) in [4.78, 5) is 40.4. The molecule has 168 valence electrons. The Morgan fingerprint density at radius 3 is 2.33 bits per heavy atom. The molecule has 3 aromatic rings. The fraction of sp³-hybridized carbons (Fsp3) is 0.192. The maximum atomic E-state index is 13.8. The van der Waals surface area contributed by atoms with Gasteiger partial charge in [0.15, 0.2) is 5.54 Å². The first-order valence-electron chi connectivity index (χ1n) is 10.6. The zero-order valence-electron chi connectivity index (χ0n) is 18.6. The Hall–Kier alpha value is -3.64. The molecule has 0 spiro atoms. The van der Waals surface area contributed by atoms with Gasteiger partial charge in [-0.2, -0.15) is 0 Å². The topological polar surface area (TPSA) is 78.5 Å². The third kappa shape index (κ3) is 4.10. The van der Waals surface area contributed by atoms with E-state index >= 15 is 0 Å². The molecule has 0 radical (unpaired) electrons. The van der Waals surface area contributed by atoms with Crippen LogP contribution in [0.5, 0.6) is 0 Å². The number of halogens is 1. The molecule has 0 saturated carbocycles. The van der Waals surface area contributed by atoms with Crippen molar-refractivity contribution in [3.05, 3.63) is 99.6 Å². The summed E-state index contributed by atoms with van der Waals surface area (Å²) >= 11 is 6.21. The molecule has 1 aliphatic heterocycles. The molecule has 6 nitrogen and oxygen atoms in total. The van der Waals surface area contributed by atoms with Crippen molar-refractivity contribution in [3.63, 3.8) is 0 Å². The Morgan fingerprint density at radius 2 is 1.67 bits per heavy atom. The smallest absolute Gasteiger partial charge is 0.323 e. The Labute approximate surface area is 197 Å². The summed E-state index contributed by atoms with van der Waals surface area (Å²) in [5.41, 5.74) is 3.28. The van der Waals surface area contributed by atoms with Crippen LogP contribution in [-0.4, -0.2) is 29.3 Å². The number of rotatable bonds is 5. The van der Waals surface area contributed by atoms with Crippen molar-refractivity contribution in [1.82, 2.24) is 10.2 Å². The van der Waals surface area contributed by atoms with Crippen molar-refractivity contribution in [1.29, 1.82) is 0 Å². The highest BCUT2D eigenvalue weighted by molar-refractivity contribution is 6.33. The summed E-state index contributed by atoms with van der Waals surface area (Å²) in [5, 5.41) is 5.93. The van der Waals surface area contributed by atoms with Crippen LogP contribution in [0.2, 0.25) is 5.02 Å². The van der Waals surface area contributed by atoms with Crippen LogP contribution in [0.4, 0.5) is 10.5 Å². The monoisotopic (exact) mass is 461 g/mol. The summed E-state index contributed by atoms with van der Waals surface area (Å²) in [7, 11) is 0. The van der Waals surface area contributed by atoms with Gasteiger partial charge in [0.25, 0.3) is 5.91 Å². The first-order chi connectivity index (χ1) is 15.7. The molecule has 1 saturated heterocycles. The number of imide groups is 1. The second kappa shape index (κ2) is 8.71. The van der Waals surface area contributed by atoms with Gasteiger partial charge >= 0.3 is 6.03 Å². The largest absolute Gasteiger partial charge is 0.326 e. The minimum atomic E-state index is -1.42. The maximum Gasteiger partial charge on any atom is 0.326 e. The van der Waals surface area contributed by atoms with Crippen LogP contribution in [0.15, 0.2) is 66.7 Å². The maximum absolute atomic E-state index is 13.8. The number of carbonyl (C=O) groups excluding carboxylic acids is 3. The minimum Gasteiger partial charge on any atom is -0.323 e. The summed E-state index contributed by atoms with van der Waals surface area (Å²) in [6.45, 7) is 5.39. The molecule has 1 aliphatic rings. The third-order valence-electron chi connectivity index (χ3n) is 5.95. The number of benzene rings is 3. The van der Waals surface area contributed by atoms with Gasteiger partial charge in [-0.15, -0.1) is 0 Å². The number of hydrogen-bond acceptors (Lipinski definition) is 3. The average Bonchev–Trinajstić information content (AvgIpc) is 3.04. The van der Waals surface area contributed by atoms with Gasteiger partial charge in [-0.05, 0) is 60.7 Å². The van der Waals surface area contributed by atoms with Gasteiger partial charge in [-0.25, -0.2) is 4.79 Å². The zero-order chi connectivity index (χ0) is 23.8. The highest BCUT2D eigenvalue weighted by Crippen LogP contribution is 2.37. The lowest BCUT2D eigenvalue weighted by Gasteiger charge is -2.28. The van der Waals surface area contributed by atoms with Crippen molar-refractivity contribution in [2.75, 3.05) is 11.9 Å². The van der Waals surface area contributed by atoms with Crippen LogP contribution in [0.3, 0.4) is 0 Å². The van der Waals surface area contributed by atoms with Gasteiger partial charge in [0.2, 0.25) is 5.91 Å². The van der Waals surface area contributed by atoms with Crippen molar-refractivity contribution >= 4 is 35.1 Å². The number of carbonyl (C=O) groups is 3. The Morgan fingerprint density at radius 1 is 0.939 bits per heavy atom. The van der Waals surface area contributed by atoms with Gasteiger partial charge < -0.3 is 10.6 Å². The van der Waals surface area contributed by atoms with E-state index in [1.807, 2.05) is 63.2 Å². The first kappa shape index (κ1) is 22.6. The molecule has 1 unspecified atom stereocenters. The van der Waals surface area contributed by atoms with Gasteiger partial charge in [-0.3, -0.25) is 14.5 Å². The quantitative estimate of drug-likeness (QED) is 0.540. The van der Waals surface area contributed by atoms with Crippen LogP contribution in [-0.2, 0) is 15.1 Å². The van der Waals surface area contributed by atoms with Crippen LogP contribution < -0.4 is 10.6 Å². The fourth-order valence-corrected chi connectivity index (χ4v) is 4.28. The minimum absolute atomic E-state index is 0.384. The SMILES string of the molecule is Cc1ccc(NC(=O)CN2C(=O)NC(c3ccccc3)(c3ccc(C)c(C)c3)C2=O)c(Cl)c1. The molecular weight excluding hydrogens is 438 g/mol. The number of nitrogens with one attached hydrogen (secondary N) is 2. The second-order valence-electron chi connectivity index (χ2n) is 8.27. The molecule has 0 aromatic heterocycles. The van der Waals surface area contributed by atoms with E-state index in [1.165, 1.54) is 0 Å². The fourth-order valence-electron chi connectivity index (χ4n) is 4.00. The molecule has 1 heterocycles. The van der Waals surface area contributed by atoms with Crippen molar-refractivity contribution in [2.24, 2.45) is 0 Å². The predicted octanol–water partition coefficient (Wildman–Crippen LogP) is 4.70. The number of amides is 4. The van der Waals surface area contributed by atoms with E-state index in [2.05, 4.69) is 10.6 Å². The zero-order valence-corrected chi connectivity index (χ0v) is 19.4. The molecule has 33 heavy (non-hydrogen) atoms. The van der Waals surface area contributed by atoms with Gasteiger partial charge in [0.1, 0.15) is 6.54 Å². The van der Waals surface area contributed by atoms with Crippen LogP contribution in [0, 0.1) is 20.8 Å². The van der Waals surface area contributed by atoms with E-state index in [4.69, 9.17) is 11.6 Å². The van der Waals surface area contributed by atoms with Crippen molar-refractivity contribution < 1.29 is 14.4 Å². The summed E-state index contributed by atoms with van der Waals surface area (Å²) in [6, 6.07) is 19.3. The Balaban J connectivity index is 1.68. The molecule has 1 atom stereocenters. The number of hydrogen-bond donors (Lipinski definition) is 2. The molecule has 2 N–H and O–H groups in total. The van der Waals surface area contributed by atoms with E-state index in [-0.39, 0.29) is 0 Å². The molecular formula is C26H24ClN3O3. The summed E-state index contributed by atoms with van der Waals surface area (Å²) in [5.74, 6) is -1.03. The van der Waals surface area contributed by atoms with Crippen molar-refractivity contribution in [2.45, 2.75) is 26.3 Å². The molecule has 7 heteroatoms. The van der Waals surface area contributed by atoms with E-state index in [9.17, 15) is 14.4 Å². The van der Waals surface area contributed by atoms with Gasteiger partial charge in [0.05, 0.1) is 10.7 Å². The highest BCUT2D eigenvalue weighted by atomic mass is 35.5. The lowest BCUT2D eigenvalue weighted by molar-refractivity contribution is -0.133. The van der Waals surface area contributed by atoms with Gasteiger partial charge in [0, 0.05) is 0 Å². The molecule has 0 aliphatic carbocycles. The van der Waals surface area contributed by atoms with Crippen LogP contribution >= 0.6 is 11.6 Å². The van der Waals surface area contributed by atoms with Crippen LogP contribution in [0.1, 0.15) is 27.8 Å². The molecule has 1 fully saturated rings. The van der Waals surface area contributed by atoms with Gasteiger partial charge in [-0.1, -0.05) is 66.2 Å². The van der Waals surface area contributed by atoms with Crippen LogP contribution in [0.25, 0.3) is 0 Å². The van der Waals surface area contributed by atoms with E-state index in [0.717, 1.165) is 21.6 Å². The van der Waals surface area contributed by atoms with E-state index < -0.39 is 29.9 Å². The molecule has 4 amide bonds. The van der Waals surface area contributed by atoms with Crippen molar-refractivity contribution in [3.8, 4) is 0 Å². The number of urea groups is 1. The standard InChI is InChI=1S/C26H24ClN3O3/c1-16-9-12-22(21(27)13-16)28-23(31)15-30-24(32)26(29-25(30)33,19-7-5-4-6-8-19)20-11-10-17(2)18(3)14-20/h4-14H,15H2,1-3H3,(H,28,31)(H,29,33).